The van der Waals surface area contributed by atoms with Gasteiger partial charge < -0.3 is 10.8 Å². The fourth-order valence-corrected chi connectivity index (χ4v) is 1.32. The average molecular weight is 229 g/mol. The summed E-state index contributed by atoms with van der Waals surface area (Å²) in [7, 11) is 0. The maximum Gasteiger partial charge on any atom is 0.133 e. The maximum atomic E-state index is 9.45. The molecule has 0 unspecified atom stereocenters. The maximum absolute atomic E-state index is 9.45. The molecule has 1 aromatic carbocycles. The van der Waals surface area contributed by atoms with Crippen LogP contribution in [-0.4, -0.2) is 10.9 Å². The van der Waals surface area contributed by atoms with Gasteiger partial charge in [-0.25, -0.2) is 0 Å². The Morgan fingerprint density at radius 2 is 2.25 bits per heavy atom. The molecule has 0 bridgehead atoms. The lowest BCUT2D eigenvalue weighted by molar-refractivity contribution is 0.466. The monoisotopic (exact) mass is 228 g/mol. The van der Waals surface area contributed by atoms with Crippen LogP contribution in [-0.2, 0) is 6.42 Å². The minimum atomic E-state index is 0.0448. The second-order valence-electron chi connectivity index (χ2n) is 2.45. The number of phenolic OH excluding ortho intramolecular Hbond substituents is 1. The second-order valence-corrected chi connectivity index (χ2v) is 3.30. The molecule has 4 heteroatoms. The van der Waals surface area contributed by atoms with Gasteiger partial charge in [0, 0.05) is 12.0 Å². The number of rotatable bonds is 2. The Balaban J connectivity index is 3.00. The Morgan fingerprint density at radius 1 is 1.58 bits per heavy atom. The highest BCUT2D eigenvalue weighted by molar-refractivity contribution is 9.10. The number of hydrogen-bond donors (Lipinski definition) is 3. The van der Waals surface area contributed by atoms with E-state index in [0.717, 1.165) is 0 Å². The molecule has 4 N–H and O–H groups in total. The van der Waals surface area contributed by atoms with Crippen LogP contribution in [0.2, 0.25) is 0 Å². The first-order chi connectivity index (χ1) is 5.61. The van der Waals surface area contributed by atoms with Crippen molar-refractivity contribution in [3.8, 4) is 5.75 Å². The van der Waals surface area contributed by atoms with Crippen molar-refractivity contribution >= 4 is 21.8 Å². The van der Waals surface area contributed by atoms with Crippen LogP contribution in [0.5, 0.6) is 5.75 Å². The van der Waals surface area contributed by atoms with Crippen LogP contribution < -0.4 is 5.73 Å². The zero-order valence-corrected chi connectivity index (χ0v) is 7.93. The summed E-state index contributed by atoms with van der Waals surface area (Å²) in [4.78, 5) is 0. The zero-order valence-electron chi connectivity index (χ0n) is 6.34. The van der Waals surface area contributed by atoms with E-state index in [-0.39, 0.29) is 18.0 Å². The summed E-state index contributed by atoms with van der Waals surface area (Å²) in [6, 6.07) is 5.27. The van der Waals surface area contributed by atoms with Crippen LogP contribution in [0.15, 0.2) is 22.7 Å². The van der Waals surface area contributed by atoms with Gasteiger partial charge >= 0.3 is 0 Å². The molecule has 0 aromatic heterocycles. The predicted molar refractivity (Wildman–Crippen MR) is 51.4 cm³/mol. The summed E-state index contributed by atoms with van der Waals surface area (Å²) < 4.78 is 0.626. The number of para-hydroxylation sites is 1. The Labute approximate surface area is 78.8 Å². The molecular weight excluding hydrogens is 220 g/mol. The van der Waals surface area contributed by atoms with E-state index in [9.17, 15) is 5.11 Å². The van der Waals surface area contributed by atoms with Crippen molar-refractivity contribution in [2.45, 2.75) is 6.42 Å². The van der Waals surface area contributed by atoms with Crippen LogP contribution in [0.4, 0.5) is 0 Å². The lowest BCUT2D eigenvalue weighted by atomic mass is 10.1. The molecule has 3 nitrogen and oxygen atoms in total. The number of hydrogen-bond acceptors (Lipinski definition) is 2. The number of phenols is 1. The molecule has 1 rings (SSSR count). The summed E-state index contributed by atoms with van der Waals surface area (Å²) in [6.45, 7) is 0. The number of amidine groups is 1. The van der Waals surface area contributed by atoms with E-state index in [0.29, 0.717) is 10.0 Å². The second kappa shape index (κ2) is 3.58. The van der Waals surface area contributed by atoms with Gasteiger partial charge in [0.1, 0.15) is 5.75 Å². The first-order valence-corrected chi connectivity index (χ1v) is 4.20. The van der Waals surface area contributed by atoms with E-state index in [1.54, 1.807) is 18.2 Å². The van der Waals surface area contributed by atoms with Crippen LogP contribution in [0.3, 0.4) is 0 Å². The van der Waals surface area contributed by atoms with Crippen molar-refractivity contribution in [2.24, 2.45) is 5.73 Å². The van der Waals surface area contributed by atoms with Crippen LogP contribution >= 0.6 is 15.9 Å². The van der Waals surface area contributed by atoms with E-state index < -0.39 is 0 Å². The number of nitrogens with two attached hydrogens (primary N) is 1. The number of halogens is 1. The minimum Gasteiger partial charge on any atom is -0.506 e. The van der Waals surface area contributed by atoms with Crippen molar-refractivity contribution in [1.82, 2.24) is 0 Å². The quantitative estimate of drug-likeness (QED) is 0.532. The highest BCUT2D eigenvalue weighted by atomic mass is 79.9. The molecule has 0 aliphatic rings. The smallest absolute Gasteiger partial charge is 0.133 e. The molecule has 0 aliphatic carbocycles. The lowest BCUT2D eigenvalue weighted by Crippen LogP contribution is -2.12. The van der Waals surface area contributed by atoms with Gasteiger partial charge in [-0.15, -0.1) is 0 Å². The minimum absolute atomic E-state index is 0.0448. The molecule has 0 spiro atoms. The molecule has 64 valence electrons. The fraction of sp³-hybridized carbons (Fsp3) is 0.125. The first kappa shape index (κ1) is 9.06. The van der Waals surface area contributed by atoms with Gasteiger partial charge in [-0.05, 0) is 22.0 Å². The van der Waals surface area contributed by atoms with Gasteiger partial charge in [-0.1, -0.05) is 12.1 Å². The molecular formula is C8H9BrN2O. The topological polar surface area (TPSA) is 70.1 Å². The van der Waals surface area contributed by atoms with Crippen LogP contribution in [0.25, 0.3) is 0 Å². The van der Waals surface area contributed by atoms with Crippen LogP contribution in [0.1, 0.15) is 5.56 Å². The molecule has 0 aliphatic heterocycles. The average Bonchev–Trinajstić information content (AvgIpc) is 1.98. The van der Waals surface area contributed by atoms with E-state index in [4.69, 9.17) is 11.1 Å². The van der Waals surface area contributed by atoms with E-state index in [1.807, 2.05) is 0 Å². The lowest BCUT2D eigenvalue weighted by Gasteiger charge is -2.03. The SMILES string of the molecule is N=C(N)Cc1cccc(Br)c1O. The van der Waals surface area contributed by atoms with Crippen molar-refractivity contribution in [3.05, 3.63) is 28.2 Å². The third kappa shape index (κ3) is 1.98. The van der Waals surface area contributed by atoms with Crippen molar-refractivity contribution in [3.63, 3.8) is 0 Å². The largest absolute Gasteiger partial charge is 0.506 e. The number of aromatic hydroxyl groups is 1. The van der Waals surface area contributed by atoms with Crippen LogP contribution in [0, 0.1) is 5.41 Å². The molecule has 0 amide bonds. The fourth-order valence-electron chi connectivity index (χ4n) is 0.908. The van der Waals surface area contributed by atoms with Gasteiger partial charge in [0.05, 0.1) is 10.3 Å². The summed E-state index contributed by atoms with van der Waals surface area (Å²) >= 11 is 3.17. The van der Waals surface area contributed by atoms with Gasteiger partial charge in [-0.2, -0.15) is 0 Å². The van der Waals surface area contributed by atoms with Gasteiger partial charge in [0.2, 0.25) is 0 Å². The molecule has 12 heavy (non-hydrogen) atoms. The van der Waals surface area contributed by atoms with E-state index in [1.165, 1.54) is 0 Å². The summed E-state index contributed by atoms with van der Waals surface area (Å²) in [5.74, 6) is 0.205. The molecule has 0 fully saturated rings. The van der Waals surface area contributed by atoms with Gasteiger partial charge in [0.25, 0.3) is 0 Å². The summed E-state index contributed by atoms with van der Waals surface area (Å²) in [6.07, 6.45) is 0.283. The standard InChI is InChI=1S/C8H9BrN2O/c9-6-3-1-2-5(8(6)12)4-7(10)11/h1-3,12H,4H2,(H3,10,11). The van der Waals surface area contributed by atoms with Gasteiger partial charge in [-0.3, -0.25) is 5.41 Å². The normalized spacial score (nSPS) is 9.75. The molecule has 0 saturated carbocycles. The Morgan fingerprint density at radius 3 is 2.83 bits per heavy atom. The first-order valence-electron chi connectivity index (χ1n) is 3.40. The Hall–Kier alpha value is -1.03. The number of nitrogens with one attached hydrogen (secondary N) is 1. The third-order valence-corrected chi connectivity index (χ3v) is 2.09. The predicted octanol–water partition coefficient (Wildman–Crippen LogP) is 1.63. The summed E-state index contributed by atoms with van der Waals surface area (Å²) in [5, 5.41) is 16.5. The van der Waals surface area contributed by atoms with E-state index in [2.05, 4.69) is 15.9 Å². The molecule has 0 heterocycles. The van der Waals surface area contributed by atoms with Gasteiger partial charge in [0.15, 0.2) is 0 Å². The highest BCUT2D eigenvalue weighted by Gasteiger charge is 2.04. The zero-order chi connectivity index (χ0) is 9.14. The van der Waals surface area contributed by atoms with Crippen molar-refractivity contribution in [1.29, 1.82) is 5.41 Å². The Bertz CT molecular complexity index is 312. The van der Waals surface area contributed by atoms with Crippen molar-refractivity contribution < 1.29 is 5.11 Å². The number of benzene rings is 1. The molecule has 0 atom stereocenters. The Kier molecular flexibility index (Phi) is 2.70. The van der Waals surface area contributed by atoms with Crippen molar-refractivity contribution in [2.75, 3.05) is 0 Å². The third-order valence-electron chi connectivity index (χ3n) is 1.45. The molecule has 0 radical (unpaired) electrons. The van der Waals surface area contributed by atoms with E-state index >= 15 is 0 Å². The molecule has 1 aromatic rings. The highest BCUT2D eigenvalue weighted by Crippen LogP contribution is 2.27. The summed E-state index contributed by atoms with van der Waals surface area (Å²) in [5.41, 5.74) is 5.86. The molecule has 0 saturated heterocycles.